The van der Waals surface area contributed by atoms with Gasteiger partial charge in [-0.2, -0.15) is 4.98 Å². The number of hydrogen-bond acceptors (Lipinski definition) is 4. The van der Waals surface area contributed by atoms with Crippen LogP contribution in [0.4, 0.5) is 5.95 Å². The van der Waals surface area contributed by atoms with E-state index in [1.807, 2.05) is 23.6 Å². The average molecular weight is 321 g/mol. The van der Waals surface area contributed by atoms with Crippen LogP contribution in [-0.2, 0) is 13.6 Å². The fourth-order valence-corrected chi connectivity index (χ4v) is 2.83. The van der Waals surface area contributed by atoms with Crippen LogP contribution in [0.25, 0.3) is 11.2 Å². The smallest absolute Gasteiger partial charge is 0.329 e. The summed E-state index contributed by atoms with van der Waals surface area (Å²) >= 11 is 0. The normalized spacial score (nSPS) is 11.3. The molecular weight excluding hydrogens is 294 g/mol. The van der Waals surface area contributed by atoms with Crippen LogP contribution in [0, 0.1) is 0 Å². The molecule has 7 nitrogen and oxygen atoms in total. The lowest BCUT2D eigenvalue weighted by molar-refractivity contribution is 0.563. The Kier molecular flexibility index (Phi) is 5.63. The highest BCUT2D eigenvalue weighted by atomic mass is 16.2. The summed E-state index contributed by atoms with van der Waals surface area (Å²) in [6, 6.07) is 0. The third-order valence-electron chi connectivity index (χ3n) is 4.12. The maximum Gasteiger partial charge on any atom is 0.329 e. The number of nitrogens with one attached hydrogen (secondary N) is 1. The Morgan fingerprint density at radius 3 is 2.39 bits per heavy atom. The second-order valence-corrected chi connectivity index (χ2v) is 6.22. The molecule has 0 aliphatic rings. The Morgan fingerprint density at radius 1 is 1.09 bits per heavy atom. The molecule has 0 aliphatic carbocycles. The van der Waals surface area contributed by atoms with Crippen molar-refractivity contribution in [2.45, 2.75) is 52.0 Å². The van der Waals surface area contributed by atoms with E-state index in [1.54, 1.807) is 7.05 Å². The summed E-state index contributed by atoms with van der Waals surface area (Å²) in [5.41, 5.74) is 0.115. The van der Waals surface area contributed by atoms with Gasteiger partial charge in [-0.3, -0.25) is 14.3 Å². The van der Waals surface area contributed by atoms with Crippen molar-refractivity contribution in [3.8, 4) is 0 Å². The third-order valence-corrected chi connectivity index (χ3v) is 4.12. The molecule has 0 aliphatic heterocycles. The third kappa shape index (κ3) is 3.65. The average Bonchev–Trinajstić information content (AvgIpc) is 2.89. The second-order valence-electron chi connectivity index (χ2n) is 6.22. The minimum Gasteiger partial charge on any atom is -0.348 e. The molecule has 2 heterocycles. The van der Waals surface area contributed by atoms with Crippen LogP contribution < -0.4 is 16.1 Å². The number of unbranched alkanes of at least 4 members (excludes halogenated alkanes) is 5. The number of nitrogens with zero attached hydrogens (tertiary/aromatic N) is 4. The standard InChI is InChI=1S/C16H27N5O2/c1-5-6-7-8-9-10-11-21-12-13(17-15(21)19(2)3)20(4)16(23)18-14(12)22/h5-11H2,1-4H3,(H,18,22,23). The van der Waals surface area contributed by atoms with E-state index >= 15 is 0 Å². The number of H-pyrrole nitrogens is 1. The Labute approximate surface area is 135 Å². The summed E-state index contributed by atoms with van der Waals surface area (Å²) in [5, 5.41) is 0. The van der Waals surface area contributed by atoms with Crippen molar-refractivity contribution in [3.63, 3.8) is 0 Å². The van der Waals surface area contributed by atoms with E-state index in [0.717, 1.165) is 19.4 Å². The van der Waals surface area contributed by atoms with Crippen molar-refractivity contribution < 1.29 is 0 Å². The lowest BCUT2D eigenvalue weighted by Gasteiger charge is -2.14. The van der Waals surface area contributed by atoms with Crippen molar-refractivity contribution in [2.75, 3.05) is 19.0 Å². The first-order valence-electron chi connectivity index (χ1n) is 8.34. The zero-order valence-electron chi connectivity index (χ0n) is 14.6. The molecule has 1 N–H and O–H groups in total. The number of rotatable bonds is 8. The van der Waals surface area contributed by atoms with Crippen LogP contribution in [0.5, 0.6) is 0 Å². The number of aromatic nitrogens is 4. The van der Waals surface area contributed by atoms with Crippen molar-refractivity contribution in [3.05, 3.63) is 20.8 Å². The first-order valence-corrected chi connectivity index (χ1v) is 8.34. The van der Waals surface area contributed by atoms with E-state index in [0.29, 0.717) is 17.1 Å². The van der Waals surface area contributed by atoms with Crippen LogP contribution >= 0.6 is 0 Å². The lowest BCUT2D eigenvalue weighted by Crippen LogP contribution is -2.29. The van der Waals surface area contributed by atoms with E-state index in [-0.39, 0.29) is 5.56 Å². The molecule has 0 spiro atoms. The highest BCUT2D eigenvalue weighted by Crippen LogP contribution is 2.19. The Balaban J connectivity index is 2.30. The predicted octanol–water partition coefficient (Wildman–Crippen LogP) is 1.85. The van der Waals surface area contributed by atoms with Gasteiger partial charge in [-0.25, -0.2) is 4.79 Å². The van der Waals surface area contributed by atoms with Crippen molar-refractivity contribution in [1.29, 1.82) is 0 Å². The fourth-order valence-electron chi connectivity index (χ4n) is 2.83. The molecule has 0 radical (unpaired) electrons. The summed E-state index contributed by atoms with van der Waals surface area (Å²) in [7, 11) is 5.42. The van der Waals surface area contributed by atoms with Gasteiger partial charge < -0.3 is 9.47 Å². The Hall–Kier alpha value is -2.05. The lowest BCUT2D eigenvalue weighted by atomic mass is 10.1. The minimum atomic E-state index is -0.433. The van der Waals surface area contributed by atoms with Gasteiger partial charge in [0.1, 0.15) is 0 Å². The Morgan fingerprint density at radius 2 is 1.74 bits per heavy atom. The van der Waals surface area contributed by atoms with Gasteiger partial charge in [0.05, 0.1) is 0 Å². The van der Waals surface area contributed by atoms with Crippen LogP contribution in [0.1, 0.15) is 45.4 Å². The Bertz CT molecular complexity index is 769. The predicted molar refractivity (Wildman–Crippen MR) is 93.3 cm³/mol. The molecule has 2 aromatic rings. The highest BCUT2D eigenvalue weighted by molar-refractivity contribution is 5.74. The number of aryl methyl sites for hydroxylation is 2. The monoisotopic (exact) mass is 321 g/mol. The molecule has 2 rings (SSSR count). The SMILES string of the molecule is CCCCCCCCn1c(N(C)C)nc2c1c(=O)[nH]c(=O)n2C. The molecule has 0 atom stereocenters. The van der Waals surface area contributed by atoms with Crippen molar-refractivity contribution in [2.24, 2.45) is 7.05 Å². The molecule has 2 aromatic heterocycles. The molecule has 0 fully saturated rings. The van der Waals surface area contributed by atoms with Crippen LogP contribution in [0.2, 0.25) is 0 Å². The van der Waals surface area contributed by atoms with Gasteiger partial charge in [-0.15, -0.1) is 0 Å². The number of aromatic amines is 1. The van der Waals surface area contributed by atoms with Crippen LogP contribution in [0.15, 0.2) is 9.59 Å². The minimum absolute atomic E-state index is 0.366. The summed E-state index contributed by atoms with van der Waals surface area (Å²) in [5.74, 6) is 0.709. The van der Waals surface area contributed by atoms with Gasteiger partial charge in [0.25, 0.3) is 5.56 Å². The quantitative estimate of drug-likeness (QED) is 0.753. The molecule has 0 aromatic carbocycles. The first-order chi connectivity index (χ1) is 11.0. The van der Waals surface area contributed by atoms with E-state index < -0.39 is 5.69 Å². The summed E-state index contributed by atoms with van der Waals surface area (Å²) in [6.07, 6.45) is 7.12. The topological polar surface area (TPSA) is 75.9 Å². The summed E-state index contributed by atoms with van der Waals surface area (Å²) < 4.78 is 3.31. The zero-order valence-corrected chi connectivity index (χ0v) is 14.6. The molecule has 0 amide bonds. The highest BCUT2D eigenvalue weighted by Gasteiger charge is 2.17. The second kappa shape index (κ2) is 7.48. The fraction of sp³-hybridized carbons (Fsp3) is 0.688. The molecule has 23 heavy (non-hydrogen) atoms. The molecule has 0 unspecified atom stereocenters. The van der Waals surface area contributed by atoms with Gasteiger partial charge in [0.2, 0.25) is 5.95 Å². The van der Waals surface area contributed by atoms with Crippen molar-refractivity contribution >= 4 is 17.1 Å². The molecule has 7 heteroatoms. The molecule has 0 saturated heterocycles. The van der Waals surface area contributed by atoms with E-state index in [2.05, 4.69) is 16.9 Å². The molecule has 0 bridgehead atoms. The van der Waals surface area contributed by atoms with Crippen molar-refractivity contribution in [1.82, 2.24) is 19.1 Å². The van der Waals surface area contributed by atoms with Gasteiger partial charge >= 0.3 is 5.69 Å². The van der Waals surface area contributed by atoms with Crippen LogP contribution in [0.3, 0.4) is 0 Å². The van der Waals surface area contributed by atoms with E-state index in [1.165, 1.54) is 30.3 Å². The summed E-state index contributed by atoms with van der Waals surface area (Å²) in [6.45, 7) is 2.94. The maximum atomic E-state index is 12.2. The number of fused-ring (bicyclic) bond motifs is 1. The van der Waals surface area contributed by atoms with Gasteiger partial charge in [-0.1, -0.05) is 39.0 Å². The van der Waals surface area contributed by atoms with Crippen LogP contribution in [-0.4, -0.2) is 33.2 Å². The molecule has 128 valence electrons. The summed E-state index contributed by atoms with van der Waals surface area (Å²) in [4.78, 5) is 32.7. The number of anilines is 1. The van der Waals surface area contributed by atoms with Gasteiger partial charge in [0.15, 0.2) is 11.2 Å². The van der Waals surface area contributed by atoms with Gasteiger partial charge in [-0.05, 0) is 6.42 Å². The van der Waals surface area contributed by atoms with E-state index in [9.17, 15) is 9.59 Å². The molecule has 0 saturated carbocycles. The number of imidazole rings is 1. The van der Waals surface area contributed by atoms with E-state index in [4.69, 9.17) is 0 Å². The number of hydrogen-bond donors (Lipinski definition) is 1. The molecular formula is C16H27N5O2. The maximum absolute atomic E-state index is 12.2. The largest absolute Gasteiger partial charge is 0.348 e. The van der Waals surface area contributed by atoms with Gasteiger partial charge in [0, 0.05) is 27.7 Å². The zero-order chi connectivity index (χ0) is 17.0. The first kappa shape index (κ1) is 17.3.